The van der Waals surface area contributed by atoms with Crippen LogP contribution in [0, 0.1) is 11.3 Å². The summed E-state index contributed by atoms with van der Waals surface area (Å²) in [6, 6.07) is 12.6. The quantitative estimate of drug-likeness (QED) is 0.495. The van der Waals surface area contributed by atoms with E-state index in [1.54, 1.807) is 57.3 Å². The van der Waals surface area contributed by atoms with Crippen LogP contribution in [-0.4, -0.2) is 28.2 Å². The summed E-state index contributed by atoms with van der Waals surface area (Å²) in [4.78, 5) is 30.6. The molecule has 33 heavy (non-hydrogen) atoms. The average Bonchev–Trinajstić information content (AvgIpc) is 2.77. The van der Waals surface area contributed by atoms with Crippen LogP contribution in [0.25, 0.3) is 11.1 Å². The molecule has 0 aliphatic carbocycles. The lowest BCUT2D eigenvalue weighted by Gasteiger charge is -2.25. The molecule has 0 aliphatic rings. The van der Waals surface area contributed by atoms with E-state index in [0.29, 0.717) is 33.2 Å². The van der Waals surface area contributed by atoms with E-state index in [9.17, 15) is 14.9 Å². The summed E-state index contributed by atoms with van der Waals surface area (Å²) in [5.41, 5.74) is 0.636. The van der Waals surface area contributed by atoms with Crippen molar-refractivity contribution in [1.82, 2.24) is 9.55 Å². The lowest BCUT2D eigenvalue weighted by molar-refractivity contribution is -0.159. The second-order valence-electron chi connectivity index (χ2n) is 8.38. The third-order valence-electron chi connectivity index (χ3n) is 4.80. The topological polar surface area (TPSA) is 94.2 Å². The third kappa shape index (κ3) is 5.79. The highest BCUT2D eigenvalue weighted by Gasteiger charge is 2.29. The summed E-state index contributed by atoms with van der Waals surface area (Å²) in [6.45, 7) is 5.28. The van der Waals surface area contributed by atoms with E-state index in [4.69, 9.17) is 21.1 Å². The fraction of sp³-hybridized carbons (Fsp3) is 0.280. The highest BCUT2D eigenvalue weighted by Crippen LogP contribution is 2.33. The Labute approximate surface area is 197 Å². The molecule has 1 atom stereocenters. The highest BCUT2D eigenvalue weighted by atomic mass is 35.5. The van der Waals surface area contributed by atoms with Gasteiger partial charge in [0.25, 0.3) is 5.56 Å². The molecule has 0 amide bonds. The van der Waals surface area contributed by atoms with Crippen LogP contribution in [0.5, 0.6) is 5.75 Å². The Morgan fingerprint density at radius 2 is 1.97 bits per heavy atom. The predicted molar refractivity (Wildman–Crippen MR) is 125 cm³/mol. The molecule has 0 spiro atoms. The molecule has 1 aromatic carbocycles. The smallest absolute Gasteiger partial charge is 0.330 e. The molecule has 0 saturated carbocycles. The number of esters is 1. The molecule has 3 rings (SSSR count). The summed E-state index contributed by atoms with van der Waals surface area (Å²) < 4.78 is 12.4. The maximum Gasteiger partial charge on any atom is 0.330 e. The minimum atomic E-state index is -0.968. The first-order valence-corrected chi connectivity index (χ1v) is 10.6. The van der Waals surface area contributed by atoms with Crippen LogP contribution in [0.3, 0.4) is 0 Å². The number of aromatic nitrogens is 2. The van der Waals surface area contributed by atoms with Gasteiger partial charge in [-0.1, -0.05) is 17.7 Å². The number of ether oxygens (including phenoxy) is 2. The first kappa shape index (κ1) is 24.0. The van der Waals surface area contributed by atoms with Crippen molar-refractivity contribution in [2.24, 2.45) is 0 Å². The van der Waals surface area contributed by atoms with E-state index in [2.05, 4.69) is 11.1 Å². The van der Waals surface area contributed by atoms with Gasteiger partial charge in [-0.15, -0.1) is 0 Å². The molecule has 7 nitrogen and oxygen atoms in total. The lowest BCUT2D eigenvalue weighted by Crippen LogP contribution is -2.36. The standard InChI is InChI=1S/C25H24ClN3O4/c1-25(2,3)33-24(31)21(12-18-7-5-6-10-28-18)29-15-22(32-4)20(13-23(29)30)19-11-17(26)9-8-16(19)14-27/h5-11,13,15,21H,12H2,1-4H3. The van der Waals surface area contributed by atoms with Gasteiger partial charge in [0.15, 0.2) is 0 Å². The number of pyridine rings is 2. The van der Waals surface area contributed by atoms with Gasteiger partial charge < -0.3 is 9.47 Å². The number of benzene rings is 1. The molecule has 0 bridgehead atoms. The van der Waals surface area contributed by atoms with E-state index in [-0.39, 0.29) is 6.42 Å². The molecule has 1 unspecified atom stereocenters. The second kappa shape index (κ2) is 9.88. The van der Waals surface area contributed by atoms with Crippen molar-refractivity contribution in [3.63, 3.8) is 0 Å². The first-order chi connectivity index (χ1) is 15.6. The number of carbonyl (C=O) groups excluding carboxylic acids is 1. The Kier molecular flexibility index (Phi) is 7.19. The number of halogens is 1. The van der Waals surface area contributed by atoms with Crippen LogP contribution in [0.4, 0.5) is 0 Å². The van der Waals surface area contributed by atoms with Crippen molar-refractivity contribution in [2.45, 2.75) is 38.8 Å². The van der Waals surface area contributed by atoms with Crippen LogP contribution >= 0.6 is 11.6 Å². The molecular weight excluding hydrogens is 442 g/mol. The van der Waals surface area contributed by atoms with Crippen molar-refractivity contribution < 1.29 is 14.3 Å². The van der Waals surface area contributed by atoms with E-state index >= 15 is 0 Å². The highest BCUT2D eigenvalue weighted by molar-refractivity contribution is 6.31. The molecular formula is C25H24ClN3O4. The zero-order valence-electron chi connectivity index (χ0n) is 18.8. The Morgan fingerprint density at radius 1 is 1.21 bits per heavy atom. The van der Waals surface area contributed by atoms with E-state index in [1.807, 2.05) is 6.07 Å². The number of nitriles is 1. The Bertz CT molecular complexity index is 1260. The number of rotatable bonds is 6. The van der Waals surface area contributed by atoms with Gasteiger partial charge in [-0.25, -0.2) is 4.79 Å². The zero-order valence-corrected chi connectivity index (χ0v) is 19.6. The van der Waals surface area contributed by atoms with Gasteiger partial charge in [0.1, 0.15) is 17.4 Å². The van der Waals surface area contributed by atoms with Crippen LogP contribution < -0.4 is 10.3 Å². The molecule has 8 heteroatoms. The third-order valence-corrected chi connectivity index (χ3v) is 5.03. The van der Waals surface area contributed by atoms with Crippen molar-refractivity contribution in [3.05, 3.63) is 81.5 Å². The average molecular weight is 466 g/mol. The molecule has 170 valence electrons. The normalized spacial score (nSPS) is 12.0. The number of nitrogens with zero attached hydrogens (tertiary/aromatic N) is 3. The Morgan fingerprint density at radius 3 is 2.58 bits per heavy atom. The number of methoxy groups -OCH3 is 1. The monoisotopic (exact) mass is 465 g/mol. The molecule has 0 saturated heterocycles. The van der Waals surface area contributed by atoms with Gasteiger partial charge in [-0.3, -0.25) is 14.3 Å². The first-order valence-electron chi connectivity index (χ1n) is 10.3. The van der Waals surface area contributed by atoms with Gasteiger partial charge in [-0.05, 0) is 51.1 Å². The maximum absolute atomic E-state index is 13.2. The largest absolute Gasteiger partial charge is 0.495 e. The minimum absolute atomic E-state index is 0.152. The van der Waals surface area contributed by atoms with E-state index < -0.39 is 23.2 Å². The van der Waals surface area contributed by atoms with Crippen molar-refractivity contribution in [3.8, 4) is 22.9 Å². The summed E-state index contributed by atoms with van der Waals surface area (Å²) in [5.74, 6) is -0.256. The summed E-state index contributed by atoms with van der Waals surface area (Å²) in [6.07, 6.45) is 3.23. The van der Waals surface area contributed by atoms with Gasteiger partial charge >= 0.3 is 5.97 Å². The number of hydrogen-bond donors (Lipinski definition) is 0. The fourth-order valence-electron chi connectivity index (χ4n) is 3.36. The summed E-state index contributed by atoms with van der Waals surface area (Å²) in [7, 11) is 1.45. The maximum atomic E-state index is 13.2. The van der Waals surface area contributed by atoms with Gasteiger partial charge in [0, 0.05) is 40.5 Å². The number of carbonyl (C=O) groups is 1. The fourth-order valence-corrected chi connectivity index (χ4v) is 3.54. The van der Waals surface area contributed by atoms with Crippen LogP contribution in [0.15, 0.2) is 59.7 Å². The molecule has 2 aromatic heterocycles. The molecule has 3 aromatic rings. The molecule has 0 N–H and O–H groups in total. The summed E-state index contributed by atoms with van der Waals surface area (Å²) in [5, 5.41) is 9.92. The van der Waals surface area contributed by atoms with Crippen molar-refractivity contribution in [1.29, 1.82) is 5.26 Å². The zero-order chi connectivity index (χ0) is 24.2. The van der Waals surface area contributed by atoms with E-state index in [1.165, 1.54) is 23.9 Å². The Balaban J connectivity index is 2.15. The number of hydrogen-bond acceptors (Lipinski definition) is 6. The minimum Gasteiger partial charge on any atom is -0.495 e. The van der Waals surface area contributed by atoms with Gasteiger partial charge in [0.2, 0.25) is 0 Å². The van der Waals surface area contributed by atoms with Gasteiger partial charge in [-0.2, -0.15) is 5.26 Å². The van der Waals surface area contributed by atoms with Crippen LogP contribution in [-0.2, 0) is 16.0 Å². The molecule has 0 fully saturated rings. The summed E-state index contributed by atoms with van der Waals surface area (Å²) >= 11 is 6.13. The lowest BCUT2D eigenvalue weighted by atomic mass is 10.00. The predicted octanol–water partition coefficient (Wildman–Crippen LogP) is 4.57. The Hall–Kier alpha value is -3.63. The molecule has 2 heterocycles. The van der Waals surface area contributed by atoms with Crippen LogP contribution in [0.2, 0.25) is 5.02 Å². The molecule has 0 radical (unpaired) electrons. The van der Waals surface area contributed by atoms with Gasteiger partial charge in [0.05, 0.1) is 24.9 Å². The SMILES string of the molecule is COc1cn(C(Cc2ccccn2)C(=O)OC(C)(C)C)c(=O)cc1-c1cc(Cl)ccc1C#N. The van der Waals surface area contributed by atoms with Crippen LogP contribution in [0.1, 0.15) is 38.1 Å². The second-order valence-corrected chi connectivity index (χ2v) is 8.81. The molecule has 0 aliphatic heterocycles. The van der Waals surface area contributed by atoms with E-state index in [0.717, 1.165) is 0 Å². The van der Waals surface area contributed by atoms with Crippen molar-refractivity contribution >= 4 is 17.6 Å². The van der Waals surface area contributed by atoms with Crippen molar-refractivity contribution in [2.75, 3.05) is 7.11 Å².